The van der Waals surface area contributed by atoms with Crippen molar-refractivity contribution in [3.05, 3.63) is 69.7 Å². The van der Waals surface area contributed by atoms with Gasteiger partial charge in [-0.3, -0.25) is 4.79 Å². The first kappa shape index (κ1) is 18.6. The molecule has 0 saturated heterocycles. The molecule has 0 radical (unpaired) electrons. The molecule has 24 heavy (non-hydrogen) atoms. The van der Waals surface area contributed by atoms with Gasteiger partial charge in [0.15, 0.2) is 0 Å². The Labute approximate surface area is 146 Å². The highest BCUT2D eigenvalue weighted by Gasteiger charge is 2.55. The summed E-state index contributed by atoms with van der Waals surface area (Å²) in [4.78, 5) is 12.0. The fourth-order valence-corrected chi connectivity index (χ4v) is 2.33. The van der Waals surface area contributed by atoms with Crippen molar-refractivity contribution in [1.29, 1.82) is 0 Å². The van der Waals surface area contributed by atoms with Gasteiger partial charge in [0, 0.05) is 5.56 Å². The lowest BCUT2D eigenvalue weighted by atomic mass is 9.93. The van der Waals surface area contributed by atoms with Crippen molar-refractivity contribution in [2.75, 3.05) is 6.54 Å². The van der Waals surface area contributed by atoms with E-state index in [1.54, 1.807) is 0 Å². The Morgan fingerprint density at radius 3 is 2.21 bits per heavy atom. The molecule has 128 valence electrons. The number of hydrogen-bond donors (Lipinski definition) is 2. The van der Waals surface area contributed by atoms with Gasteiger partial charge in [0.25, 0.3) is 5.91 Å². The van der Waals surface area contributed by atoms with E-state index < -0.39 is 24.2 Å². The van der Waals surface area contributed by atoms with Gasteiger partial charge < -0.3 is 10.4 Å². The molecule has 0 heterocycles. The normalized spacial score (nSPS) is 14.1. The molecule has 2 rings (SSSR count). The van der Waals surface area contributed by atoms with Crippen LogP contribution in [0.3, 0.4) is 0 Å². The van der Waals surface area contributed by atoms with Crippen molar-refractivity contribution in [1.82, 2.24) is 5.32 Å². The molecule has 0 spiro atoms. The first-order valence-corrected chi connectivity index (χ1v) is 7.48. The maximum atomic E-state index is 13.3. The van der Waals surface area contributed by atoms with E-state index in [2.05, 4.69) is 5.32 Å². The molecule has 0 aliphatic carbocycles. The molecule has 0 aromatic heterocycles. The van der Waals surface area contributed by atoms with Crippen LogP contribution < -0.4 is 5.32 Å². The summed E-state index contributed by atoms with van der Waals surface area (Å²) in [6, 6.07) is 10.4. The Balaban J connectivity index is 2.22. The lowest BCUT2D eigenvalue weighted by Gasteiger charge is -2.31. The monoisotopic (exact) mass is 377 g/mol. The number of nitrogens with one attached hydrogen (secondary N) is 1. The van der Waals surface area contributed by atoms with E-state index in [0.29, 0.717) is 0 Å². The van der Waals surface area contributed by atoms with Gasteiger partial charge >= 0.3 is 6.18 Å². The molecule has 0 fully saturated rings. The molecule has 2 aromatic carbocycles. The predicted octanol–water partition coefficient (Wildman–Crippen LogP) is 4.17. The van der Waals surface area contributed by atoms with Gasteiger partial charge in [-0.2, -0.15) is 13.2 Å². The van der Waals surface area contributed by atoms with Crippen molar-refractivity contribution in [2.45, 2.75) is 11.8 Å². The molecular weight excluding hydrogens is 366 g/mol. The Morgan fingerprint density at radius 1 is 1.04 bits per heavy atom. The van der Waals surface area contributed by atoms with E-state index in [0.717, 1.165) is 12.1 Å². The fourth-order valence-electron chi connectivity index (χ4n) is 2.03. The molecule has 3 nitrogen and oxygen atoms in total. The summed E-state index contributed by atoms with van der Waals surface area (Å²) in [5.74, 6) is -0.813. The number of benzene rings is 2. The quantitative estimate of drug-likeness (QED) is 0.839. The van der Waals surface area contributed by atoms with Crippen LogP contribution in [0, 0.1) is 0 Å². The van der Waals surface area contributed by atoms with E-state index >= 15 is 0 Å². The minimum atomic E-state index is -4.97. The third-order valence-corrected chi connectivity index (χ3v) is 4.15. The average Bonchev–Trinajstić information content (AvgIpc) is 2.54. The summed E-state index contributed by atoms with van der Waals surface area (Å²) < 4.78 is 40.0. The standard InChI is InChI=1S/C16H12Cl2F3NO2/c17-12-7-6-10(8-13(12)18)14(23)22-9-15(24,16(19,20)21)11-4-2-1-3-5-11/h1-8,24H,9H2,(H,22,23)/t15-/m1/s1. The minimum absolute atomic E-state index is 0.0296. The number of alkyl halides is 3. The second-order valence-electron chi connectivity index (χ2n) is 5.04. The molecule has 0 aliphatic rings. The zero-order valence-corrected chi connectivity index (χ0v) is 13.6. The van der Waals surface area contributed by atoms with Crippen molar-refractivity contribution < 1.29 is 23.1 Å². The summed E-state index contributed by atoms with van der Waals surface area (Å²) in [7, 11) is 0. The first-order chi connectivity index (χ1) is 11.1. The third kappa shape index (κ3) is 3.83. The van der Waals surface area contributed by atoms with Crippen molar-refractivity contribution >= 4 is 29.1 Å². The van der Waals surface area contributed by atoms with Crippen LogP contribution in [0.2, 0.25) is 10.0 Å². The number of hydrogen-bond acceptors (Lipinski definition) is 2. The van der Waals surface area contributed by atoms with Gasteiger partial charge in [0.1, 0.15) is 0 Å². The molecule has 1 amide bonds. The second-order valence-corrected chi connectivity index (χ2v) is 5.85. The molecule has 8 heteroatoms. The van der Waals surface area contributed by atoms with Gasteiger partial charge in [-0.15, -0.1) is 0 Å². The summed E-state index contributed by atoms with van der Waals surface area (Å²) in [6.07, 6.45) is -4.97. The van der Waals surface area contributed by atoms with Gasteiger partial charge in [0.2, 0.25) is 5.60 Å². The highest BCUT2D eigenvalue weighted by molar-refractivity contribution is 6.42. The SMILES string of the molecule is O=C(NC[C@@](O)(c1ccccc1)C(F)(F)F)c1ccc(Cl)c(Cl)c1. The van der Waals surface area contributed by atoms with E-state index in [4.69, 9.17) is 23.2 Å². The average molecular weight is 378 g/mol. The Morgan fingerprint density at radius 2 is 1.67 bits per heavy atom. The molecule has 2 N–H and O–H groups in total. The number of carbonyl (C=O) groups is 1. The largest absolute Gasteiger partial charge is 0.423 e. The van der Waals surface area contributed by atoms with Crippen LogP contribution in [0.5, 0.6) is 0 Å². The number of halogens is 5. The third-order valence-electron chi connectivity index (χ3n) is 3.41. The van der Waals surface area contributed by atoms with E-state index in [9.17, 15) is 23.1 Å². The van der Waals surface area contributed by atoms with Gasteiger partial charge in [0.05, 0.1) is 16.6 Å². The van der Waals surface area contributed by atoms with Crippen LogP contribution in [0.15, 0.2) is 48.5 Å². The van der Waals surface area contributed by atoms with Crippen LogP contribution in [0.4, 0.5) is 13.2 Å². The maximum Gasteiger partial charge on any atom is 0.423 e. The second kappa shape index (κ2) is 7.01. The maximum absolute atomic E-state index is 13.3. The molecule has 2 aromatic rings. The van der Waals surface area contributed by atoms with E-state index in [-0.39, 0.29) is 21.2 Å². The Bertz CT molecular complexity index is 738. The summed E-state index contributed by atoms with van der Waals surface area (Å²) in [5, 5.41) is 12.5. The molecular formula is C16H12Cl2F3NO2. The van der Waals surface area contributed by atoms with E-state index in [1.807, 2.05) is 0 Å². The smallest absolute Gasteiger partial charge is 0.375 e. The lowest BCUT2D eigenvalue weighted by molar-refractivity contribution is -0.263. The number of rotatable bonds is 4. The first-order valence-electron chi connectivity index (χ1n) is 6.73. The molecule has 0 aliphatic heterocycles. The highest BCUT2D eigenvalue weighted by Crippen LogP contribution is 2.38. The molecule has 1 atom stereocenters. The summed E-state index contributed by atoms with van der Waals surface area (Å²) >= 11 is 11.5. The van der Waals surface area contributed by atoms with Crippen LogP contribution >= 0.6 is 23.2 Å². The van der Waals surface area contributed by atoms with Gasteiger partial charge in [-0.1, -0.05) is 53.5 Å². The fraction of sp³-hybridized carbons (Fsp3) is 0.188. The number of amides is 1. The minimum Gasteiger partial charge on any atom is -0.375 e. The van der Waals surface area contributed by atoms with Crippen LogP contribution in [0.1, 0.15) is 15.9 Å². The van der Waals surface area contributed by atoms with Crippen LogP contribution in [-0.4, -0.2) is 23.7 Å². The Hall–Kier alpha value is -1.76. The van der Waals surface area contributed by atoms with Crippen LogP contribution in [0.25, 0.3) is 0 Å². The Kier molecular flexibility index (Phi) is 5.42. The van der Waals surface area contributed by atoms with Gasteiger partial charge in [-0.25, -0.2) is 0 Å². The van der Waals surface area contributed by atoms with Crippen molar-refractivity contribution in [2.24, 2.45) is 0 Å². The van der Waals surface area contributed by atoms with Crippen LogP contribution in [-0.2, 0) is 5.60 Å². The number of aliphatic hydroxyl groups is 1. The zero-order valence-electron chi connectivity index (χ0n) is 12.1. The summed E-state index contributed by atoms with van der Waals surface area (Å²) in [5.41, 5.74) is -3.55. The zero-order chi connectivity index (χ0) is 18.0. The molecule has 0 bridgehead atoms. The topological polar surface area (TPSA) is 49.3 Å². The lowest BCUT2D eigenvalue weighted by Crippen LogP contribution is -2.51. The van der Waals surface area contributed by atoms with E-state index in [1.165, 1.54) is 36.4 Å². The van der Waals surface area contributed by atoms with Crippen molar-refractivity contribution in [3.8, 4) is 0 Å². The highest BCUT2D eigenvalue weighted by atomic mass is 35.5. The molecule has 0 unspecified atom stereocenters. The number of carbonyl (C=O) groups excluding carboxylic acids is 1. The molecule has 0 saturated carbocycles. The summed E-state index contributed by atoms with van der Waals surface area (Å²) in [6.45, 7) is -1.04. The van der Waals surface area contributed by atoms with Gasteiger partial charge in [-0.05, 0) is 23.8 Å². The van der Waals surface area contributed by atoms with Crippen molar-refractivity contribution in [3.63, 3.8) is 0 Å². The predicted molar refractivity (Wildman–Crippen MR) is 85.2 cm³/mol.